The zero-order valence-electron chi connectivity index (χ0n) is 13.2. The van der Waals surface area contributed by atoms with Crippen LogP contribution >= 0.6 is 15.9 Å². The van der Waals surface area contributed by atoms with Crippen molar-refractivity contribution in [1.82, 2.24) is 15.6 Å². The SMILES string of the molecule is COC(=O)NCc1cc(C(=O)NCCc2ccc(Br)cc2)ccn1. The second-order valence-electron chi connectivity index (χ2n) is 5.01. The van der Waals surface area contributed by atoms with Gasteiger partial charge in [-0.2, -0.15) is 0 Å². The third kappa shape index (κ3) is 5.66. The molecule has 1 aromatic carbocycles. The van der Waals surface area contributed by atoms with Gasteiger partial charge in [0.2, 0.25) is 0 Å². The number of carbonyl (C=O) groups is 2. The number of ether oxygens (including phenoxy) is 1. The molecule has 126 valence electrons. The lowest BCUT2D eigenvalue weighted by atomic mass is 10.1. The van der Waals surface area contributed by atoms with Crippen molar-refractivity contribution >= 4 is 27.9 Å². The van der Waals surface area contributed by atoms with Crippen LogP contribution in [0.3, 0.4) is 0 Å². The normalized spacial score (nSPS) is 10.1. The van der Waals surface area contributed by atoms with Crippen LogP contribution in [0, 0.1) is 0 Å². The maximum atomic E-state index is 12.2. The smallest absolute Gasteiger partial charge is 0.407 e. The molecule has 2 amide bonds. The van der Waals surface area contributed by atoms with Gasteiger partial charge in [-0.15, -0.1) is 0 Å². The summed E-state index contributed by atoms with van der Waals surface area (Å²) >= 11 is 3.39. The molecule has 24 heavy (non-hydrogen) atoms. The Balaban J connectivity index is 1.85. The summed E-state index contributed by atoms with van der Waals surface area (Å²) in [5.41, 5.74) is 2.24. The molecule has 0 aliphatic rings. The molecular weight excluding hydrogens is 374 g/mol. The van der Waals surface area contributed by atoms with Crippen molar-refractivity contribution in [2.24, 2.45) is 0 Å². The number of aromatic nitrogens is 1. The Morgan fingerprint density at radius 2 is 1.92 bits per heavy atom. The number of rotatable bonds is 6. The summed E-state index contributed by atoms with van der Waals surface area (Å²) < 4.78 is 5.52. The highest BCUT2D eigenvalue weighted by Gasteiger charge is 2.07. The minimum Gasteiger partial charge on any atom is -0.453 e. The van der Waals surface area contributed by atoms with Crippen molar-refractivity contribution in [2.45, 2.75) is 13.0 Å². The number of carbonyl (C=O) groups excluding carboxylic acids is 2. The van der Waals surface area contributed by atoms with Crippen LogP contribution in [-0.4, -0.2) is 30.6 Å². The number of hydrogen-bond acceptors (Lipinski definition) is 4. The largest absolute Gasteiger partial charge is 0.453 e. The van der Waals surface area contributed by atoms with Crippen LogP contribution in [0.4, 0.5) is 4.79 Å². The maximum absolute atomic E-state index is 12.2. The summed E-state index contributed by atoms with van der Waals surface area (Å²) in [6, 6.07) is 11.3. The first-order valence-corrected chi connectivity index (χ1v) is 8.17. The van der Waals surface area contributed by atoms with Crippen molar-refractivity contribution in [3.05, 3.63) is 63.9 Å². The number of benzene rings is 1. The van der Waals surface area contributed by atoms with Gasteiger partial charge in [0.25, 0.3) is 5.91 Å². The fraction of sp³-hybridized carbons (Fsp3) is 0.235. The molecule has 2 aromatic rings. The van der Waals surface area contributed by atoms with E-state index in [0.29, 0.717) is 17.8 Å². The topological polar surface area (TPSA) is 80.3 Å². The van der Waals surface area contributed by atoms with Crippen LogP contribution in [0.1, 0.15) is 21.6 Å². The van der Waals surface area contributed by atoms with E-state index in [1.54, 1.807) is 12.1 Å². The Morgan fingerprint density at radius 3 is 2.62 bits per heavy atom. The third-order valence-corrected chi connectivity index (χ3v) is 3.82. The predicted octanol–water partition coefficient (Wildman–Crippen LogP) is 2.67. The molecule has 0 atom stereocenters. The molecule has 0 aliphatic heterocycles. The summed E-state index contributed by atoms with van der Waals surface area (Å²) in [7, 11) is 1.29. The number of nitrogens with zero attached hydrogens (tertiary/aromatic N) is 1. The van der Waals surface area contributed by atoms with E-state index in [-0.39, 0.29) is 12.5 Å². The van der Waals surface area contributed by atoms with Crippen LogP contribution in [0.15, 0.2) is 47.1 Å². The first-order valence-electron chi connectivity index (χ1n) is 7.38. The van der Waals surface area contributed by atoms with Gasteiger partial charge in [0.1, 0.15) is 0 Å². The Labute approximate surface area is 148 Å². The molecule has 0 spiro atoms. The molecule has 6 nitrogen and oxygen atoms in total. The van der Waals surface area contributed by atoms with Crippen LogP contribution < -0.4 is 10.6 Å². The third-order valence-electron chi connectivity index (χ3n) is 3.29. The average Bonchev–Trinajstić information content (AvgIpc) is 2.61. The zero-order valence-corrected chi connectivity index (χ0v) is 14.8. The Kier molecular flexibility index (Phi) is 6.74. The first-order chi connectivity index (χ1) is 11.6. The van der Waals surface area contributed by atoms with Crippen LogP contribution in [0.5, 0.6) is 0 Å². The van der Waals surface area contributed by atoms with Crippen LogP contribution in [0.2, 0.25) is 0 Å². The van der Waals surface area contributed by atoms with Gasteiger partial charge in [-0.1, -0.05) is 28.1 Å². The van der Waals surface area contributed by atoms with Crippen LogP contribution in [0.25, 0.3) is 0 Å². The lowest BCUT2D eigenvalue weighted by Crippen LogP contribution is -2.26. The monoisotopic (exact) mass is 391 g/mol. The minimum atomic E-state index is -0.541. The van der Waals surface area contributed by atoms with Crippen molar-refractivity contribution < 1.29 is 14.3 Å². The van der Waals surface area contributed by atoms with Crippen molar-refractivity contribution in [3.8, 4) is 0 Å². The van der Waals surface area contributed by atoms with Gasteiger partial charge in [-0.3, -0.25) is 9.78 Å². The number of nitrogens with one attached hydrogen (secondary N) is 2. The molecule has 0 saturated carbocycles. The summed E-state index contributed by atoms with van der Waals surface area (Å²) in [5.74, 6) is -0.172. The van der Waals surface area contributed by atoms with E-state index in [1.165, 1.54) is 13.3 Å². The number of pyridine rings is 1. The molecule has 1 aromatic heterocycles. The molecule has 0 fully saturated rings. The van der Waals surface area contributed by atoms with E-state index in [1.807, 2.05) is 24.3 Å². The predicted molar refractivity (Wildman–Crippen MR) is 93.7 cm³/mol. The highest BCUT2D eigenvalue weighted by Crippen LogP contribution is 2.10. The zero-order chi connectivity index (χ0) is 17.4. The van der Waals surface area contributed by atoms with Crippen LogP contribution in [-0.2, 0) is 17.7 Å². The molecule has 2 N–H and O–H groups in total. The Hall–Kier alpha value is -2.41. The van der Waals surface area contributed by atoms with Gasteiger partial charge in [0.15, 0.2) is 0 Å². The molecule has 0 aliphatic carbocycles. The molecular formula is C17H18BrN3O3. The van der Waals surface area contributed by atoms with Gasteiger partial charge in [0.05, 0.1) is 19.3 Å². The fourth-order valence-electron chi connectivity index (χ4n) is 2.02. The quantitative estimate of drug-likeness (QED) is 0.792. The lowest BCUT2D eigenvalue weighted by molar-refractivity contribution is 0.0954. The number of alkyl carbamates (subject to hydrolysis) is 1. The van der Waals surface area contributed by atoms with Crippen molar-refractivity contribution in [2.75, 3.05) is 13.7 Å². The van der Waals surface area contributed by atoms with Gasteiger partial charge in [0, 0.05) is 22.8 Å². The fourth-order valence-corrected chi connectivity index (χ4v) is 2.29. The molecule has 0 unspecified atom stereocenters. The molecule has 0 bridgehead atoms. The van der Waals surface area contributed by atoms with E-state index in [2.05, 4.69) is 36.3 Å². The second kappa shape index (κ2) is 9.02. The van der Waals surface area contributed by atoms with E-state index < -0.39 is 6.09 Å². The highest BCUT2D eigenvalue weighted by molar-refractivity contribution is 9.10. The summed E-state index contributed by atoms with van der Waals surface area (Å²) in [5, 5.41) is 5.40. The summed E-state index contributed by atoms with van der Waals surface area (Å²) in [6.45, 7) is 0.741. The molecule has 2 rings (SSSR count). The van der Waals surface area contributed by atoms with Gasteiger partial charge < -0.3 is 15.4 Å². The minimum absolute atomic E-state index is 0.172. The summed E-state index contributed by atoms with van der Waals surface area (Å²) in [6.07, 6.45) is 1.75. The standard InChI is InChI=1S/C17H18BrN3O3/c1-24-17(23)21-11-15-10-13(7-9-19-15)16(22)20-8-6-12-2-4-14(18)5-3-12/h2-5,7,9-10H,6,8,11H2,1H3,(H,20,22)(H,21,23). The molecule has 7 heteroatoms. The van der Waals surface area contributed by atoms with Gasteiger partial charge in [-0.25, -0.2) is 4.79 Å². The number of amides is 2. The average molecular weight is 392 g/mol. The number of methoxy groups -OCH3 is 1. The molecule has 0 saturated heterocycles. The Morgan fingerprint density at radius 1 is 1.17 bits per heavy atom. The lowest BCUT2D eigenvalue weighted by Gasteiger charge is -2.07. The van der Waals surface area contributed by atoms with E-state index >= 15 is 0 Å². The van der Waals surface area contributed by atoms with E-state index in [4.69, 9.17) is 0 Å². The molecule has 1 heterocycles. The summed E-state index contributed by atoms with van der Waals surface area (Å²) in [4.78, 5) is 27.3. The van der Waals surface area contributed by atoms with E-state index in [0.717, 1.165) is 16.5 Å². The number of halogens is 1. The number of hydrogen-bond donors (Lipinski definition) is 2. The maximum Gasteiger partial charge on any atom is 0.407 e. The Bertz CT molecular complexity index is 704. The van der Waals surface area contributed by atoms with Crippen molar-refractivity contribution in [3.63, 3.8) is 0 Å². The first kappa shape index (κ1) is 17.9. The van der Waals surface area contributed by atoms with Gasteiger partial charge in [-0.05, 0) is 36.2 Å². The van der Waals surface area contributed by atoms with Crippen molar-refractivity contribution in [1.29, 1.82) is 0 Å². The molecule has 0 radical (unpaired) electrons. The highest BCUT2D eigenvalue weighted by atomic mass is 79.9. The van der Waals surface area contributed by atoms with E-state index in [9.17, 15) is 9.59 Å². The van der Waals surface area contributed by atoms with Gasteiger partial charge >= 0.3 is 6.09 Å². The second-order valence-corrected chi connectivity index (χ2v) is 5.93.